The van der Waals surface area contributed by atoms with Crippen LogP contribution >= 0.6 is 0 Å². The van der Waals surface area contributed by atoms with E-state index in [0.29, 0.717) is 11.6 Å². The fraction of sp³-hybridized carbons (Fsp3) is 0.556. The Labute approximate surface area is 146 Å². The predicted octanol–water partition coefficient (Wildman–Crippen LogP) is 2.08. The number of piperidine rings is 1. The molecule has 25 heavy (non-hydrogen) atoms. The number of benzene rings is 1. The number of nitrogens with zero attached hydrogens (tertiary/aromatic N) is 4. The lowest BCUT2D eigenvalue weighted by Crippen LogP contribution is -2.51. The van der Waals surface area contributed by atoms with E-state index in [2.05, 4.69) is 19.8 Å². The Morgan fingerprint density at radius 3 is 2.84 bits per heavy atom. The summed E-state index contributed by atoms with van der Waals surface area (Å²) >= 11 is 0. The average Bonchev–Trinajstić information content (AvgIpc) is 2.69. The van der Waals surface area contributed by atoms with Gasteiger partial charge in [0.1, 0.15) is 17.7 Å². The molecule has 1 aromatic heterocycles. The van der Waals surface area contributed by atoms with Gasteiger partial charge in [-0.1, -0.05) is 0 Å². The quantitative estimate of drug-likeness (QED) is 0.848. The van der Waals surface area contributed by atoms with Gasteiger partial charge in [0, 0.05) is 37.6 Å². The van der Waals surface area contributed by atoms with Gasteiger partial charge < -0.3 is 14.4 Å². The van der Waals surface area contributed by atoms with Gasteiger partial charge in [0.05, 0.1) is 20.3 Å². The van der Waals surface area contributed by atoms with Crippen molar-refractivity contribution in [2.45, 2.75) is 18.9 Å². The minimum absolute atomic E-state index is 0.210. The van der Waals surface area contributed by atoms with Gasteiger partial charge in [-0.15, -0.1) is 0 Å². The van der Waals surface area contributed by atoms with E-state index in [1.165, 1.54) is 19.9 Å². The van der Waals surface area contributed by atoms with Crippen molar-refractivity contribution in [3.8, 4) is 5.75 Å². The summed E-state index contributed by atoms with van der Waals surface area (Å²) in [5, 5.41) is 0.739. The number of morpholine rings is 1. The van der Waals surface area contributed by atoms with E-state index in [1.54, 1.807) is 6.07 Å². The van der Waals surface area contributed by atoms with Crippen molar-refractivity contribution in [2.24, 2.45) is 0 Å². The Balaban J connectivity index is 1.63. The molecule has 4 rings (SSSR count). The fourth-order valence-corrected chi connectivity index (χ4v) is 3.86. The molecule has 6 nitrogen and oxygen atoms in total. The van der Waals surface area contributed by atoms with Crippen LogP contribution in [0.5, 0.6) is 5.75 Å². The first kappa shape index (κ1) is 16.5. The van der Waals surface area contributed by atoms with Crippen LogP contribution in [0.4, 0.5) is 10.2 Å². The van der Waals surface area contributed by atoms with Crippen molar-refractivity contribution in [2.75, 3.05) is 51.4 Å². The lowest BCUT2D eigenvalue weighted by Gasteiger charge is -2.41. The molecule has 0 amide bonds. The van der Waals surface area contributed by atoms with E-state index < -0.39 is 5.82 Å². The average molecular weight is 346 g/mol. The predicted molar refractivity (Wildman–Crippen MR) is 93.7 cm³/mol. The Hall–Kier alpha value is -1.99. The topological polar surface area (TPSA) is 50.7 Å². The smallest absolute Gasteiger partial charge is 0.191 e. The summed E-state index contributed by atoms with van der Waals surface area (Å²) in [6.07, 6.45) is 3.73. The van der Waals surface area contributed by atoms with Gasteiger partial charge in [-0.25, -0.2) is 14.4 Å². The lowest BCUT2D eigenvalue weighted by atomic mass is 10.0. The maximum Gasteiger partial charge on any atom is 0.191 e. The van der Waals surface area contributed by atoms with Gasteiger partial charge in [0.25, 0.3) is 0 Å². The standard InChI is InChI=1S/C18H23FN4O2/c1-24-15-5-4-14-17(16(15)19)20-12-21-18(14)23-6-2-3-13(11-23)22-7-9-25-10-8-22/h4-5,12-13H,2-3,6-11H2,1H3. The van der Waals surface area contributed by atoms with Crippen LogP contribution in [0.1, 0.15) is 12.8 Å². The largest absolute Gasteiger partial charge is 0.494 e. The summed E-state index contributed by atoms with van der Waals surface area (Å²) in [7, 11) is 1.46. The van der Waals surface area contributed by atoms with E-state index >= 15 is 0 Å². The van der Waals surface area contributed by atoms with Crippen LogP contribution in [0.3, 0.4) is 0 Å². The normalized spacial score (nSPS) is 22.3. The summed E-state index contributed by atoms with van der Waals surface area (Å²) in [6.45, 7) is 5.40. The van der Waals surface area contributed by atoms with Gasteiger partial charge >= 0.3 is 0 Å². The third kappa shape index (κ3) is 3.14. The van der Waals surface area contributed by atoms with Crippen molar-refractivity contribution in [1.29, 1.82) is 0 Å². The maximum absolute atomic E-state index is 14.5. The van der Waals surface area contributed by atoms with Gasteiger partial charge in [-0.2, -0.15) is 0 Å². The summed E-state index contributed by atoms with van der Waals surface area (Å²) in [4.78, 5) is 13.4. The second kappa shape index (κ2) is 7.09. The molecule has 0 spiro atoms. The summed E-state index contributed by atoms with van der Waals surface area (Å²) in [5.74, 6) is 0.594. The third-order valence-corrected chi connectivity index (χ3v) is 5.17. The molecule has 0 saturated carbocycles. The number of hydrogen-bond acceptors (Lipinski definition) is 6. The highest BCUT2D eigenvalue weighted by atomic mass is 19.1. The SMILES string of the molecule is COc1ccc2c(N3CCCC(N4CCOCC4)C3)ncnc2c1F. The Morgan fingerprint density at radius 2 is 2.04 bits per heavy atom. The van der Waals surface area contributed by atoms with E-state index in [0.717, 1.165) is 57.0 Å². The first-order valence-corrected chi connectivity index (χ1v) is 8.82. The molecule has 2 fully saturated rings. The zero-order valence-corrected chi connectivity index (χ0v) is 14.4. The molecule has 2 aliphatic rings. The van der Waals surface area contributed by atoms with Crippen LogP contribution in [0.15, 0.2) is 18.5 Å². The number of ether oxygens (including phenoxy) is 2. The van der Waals surface area contributed by atoms with Crippen LogP contribution in [0, 0.1) is 5.82 Å². The summed E-state index contributed by atoms with van der Waals surface area (Å²) in [6, 6.07) is 3.99. The lowest BCUT2D eigenvalue weighted by molar-refractivity contribution is 0.0137. The molecule has 134 valence electrons. The highest BCUT2D eigenvalue weighted by molar-refractivity contribution is 5.90. The van der Waals surface area contributed by atoms with Gasteiger partial charge in [0.2, 0.25) is 0 Å². The molecular formula is C18H23FN4O2. The van der Waals surface area contributed by atoms with E-state index in [9.17, 15) is 4.39 Å². The Kier molecular flexibility index (Phi) is 4.67. The molecule has 7 heteroatoms. The third-order valence-electron chi connectivity index (χ3n) is 5.17. The monoisotopic (exact) mass is 346 g/mol. The minimum atomic E-state index is -0.426. The molecule has 1 unspecified atom stereocenters. The van der Waals surface area contributed by atoms with Crippen molar-refractivity contribution in [3.63, 3.8) is 0 Å². The number of rotatable bonds is 3. The second-order valence-corrected chi connectivity index (χ2v) is 6.57. The van der Waals surface area contributed by atoms with E-state index in [1.807, 2.05) is 6.07 Å². The Bertz CT molecular complexity index is 751. The molecule has 0 radical (unpaired) electrons. The van der Waals surface area contributed by atoms with E-state index in [-0.39, 0.29) is 5.75 Å². The molecule has 1 aromatic carbocycles. The number of hydrogen-bond donors (Lipinski definition) is 0. The summed E-state index contributed by atoms with van der Waals surface area (Å²) < 4.78 is 25.1. The zero-order valence-electron chi connectivity index (χ0n) is 14.4. The van der Waals surface area contributed by atoms with Crippen molar-refractivity contribution in [3.05, 3.63) is 24.3 Å². The molecule has 0 N–H and O–H groups in total. The van der Waals surface area contributed by atoms with Crippen LogP contribution < -0.4 is 9.64 Å². The highest BCUT2D eigenvalue weighted by Gasteiger charge is 2.28. The van der Waals surface area contributed by atoms with Crippen LogP contribution in [0.25, 0.3) is 10.9 Å². The molecule has 2 aliphatic heterocycles. The van der Waals surface area contributed by atoms with Crippen molar-refractivity contribution >= 4 is 16.7 Å². The molecular weight excluding hydrogens is 323 g/mol. The molecule has 2 saturated heterocycles. The van der Waals surface area contributed by atoms with Crippen LogP contribution in [-0.4, -0.2) is 67.4 Å². The van der Waals surface area contributed by atoms with Gasteiger partial charge in [-0.3, -0.25) is 4.90 Å². The number of methoxy groups -OCH3 is 1. The maximum atomic E-state index is 14.5. The molecule has 3 heterocycles. The van der Waals surface area contributed by atoms with E-state index in [4.69, 9.17) is 9.47 Å². The zero-order chi connectivity index (χ0) is 17.2. The first-order chi connectivity index (χ1) is 12.3. The number of anilines is 1. The molecule has 0 aliphatic carbocycles. The Morgan fingerprint density at radius 1 is 1.20 bits per heavy atom. The first-order valence-electron chi connectivity index (χ1n) is 8.82. The highest BCUT2D eigenvalue weighted by Crippen LogP contribution is 2.31. The molecule has 0 bridgehead atoms. The van der Waals surface area contributed by atoms with Gasteiger partial charge in [0.15, 0.2) is 11.6 Å². The van der Waals surface area contributed by atoms with Crippen LogP contribution in [-0.2, 0) is 4.74 Å². The number of fused-ring (bicyclic) bond motifs is 1. The number of aromatic nitrogens is 2. The second-order valence-electron chi connectivity index (χ2n) is 6.57. The minimum Gasteiger partial charge on any atom is -0.494 e. The van der Waals surface area contributed by atoms with Crippen molar-refractivity contribution in [1.82, 2.24) is 14.9 Å². The van der Waals surface area contributed by atoms with Crippen LogP contribution in [0.2, 0.25) is 0 Å². The molecule has 2 aromatic rings. The molecule has 1 atom stereocenters. The summed E-state index contributed by atoms with van der Waals surface area (Å²) in [5.41, 5.74) is 0.317. The number of halogens is 1. The fourth-order valence-electron chi connectivity index (χ4n) is 3.86. The van der Waals surface area contributed by atoms with Gasteiger partial charge in [-0.05, 0) is 25.0 Å². The van der Waals surface area contributed by atoms with Crippen molar-refractivity contribution < 1.29 is 13.9 Å².